The Morgan fingerprint density at radius 3 is 2.42 bits per heavy atom. The third-order valence-corrected chi connectivity index (χ3v) is 7.62. The molecule has 1 spiro atoms. The Balaban J connectivity index is 1.35. The Bertz CT molecular complexity index is 1090. The predicted molar refractivity (Wildman–Crippen MR) is 130 cm³/mol. The van der Waals surface area contributed by atoms with Crippen molar-refractivity contribution in [1.82, 2.24) is 34.8 Å². The normalized spacial score (nSPS) is 20.7. The van der Waals surface area contributed by atoms with Gasteiger partial charge in [0.25, 0.3) is 0 Å². The number of benzene rings is 1. The third kappa shape index (κ3) is 4.13. The van der Waals surface area contributed by atoms with Crippen LogP contribution in [0.25, 0.3) is 0 Å². The van der Waals surface area contributed by atoms with Crippen molar-refractivity contribution in [2.75, 3.05) is 26.2 Å². The number of hydrogen-bond acceptors (Lipinski definition) is 5. The van der Waals surface area contributed by atoms with E-state index in [1.807, 2.05) is 0 Å². The van der Waals surface area contributed by atoms with Gasteiger partial charge < -0.3 is 0 Å². The molecule has 176 valence electrons. The number of nitrogens with zero attached hydrogens (tertiary/aromatic N) is 6. The van der Waals surface area contributed by atoms with Crippen molar-refractivity contribution in [1.29, 1.82) is 0 Å². The molecule has 33 heavy (non-hydrogen) atoms. The van der Waals surface area contributed by atoms with Crippen LogP contribution in [0.2, 0.25) is 0 Å². The molecule has 7 nitrogen and oxygen atoms in total. The average Bonchev–Trinajstić information content (AvgIpc) is 3.46. The van der Waals surface area contributed by atoms with Gasteiger partial charge in [-0.25, -0.2) is 4.98 Å². The average molecular weight is 448 g/mol. The van der Waals surface area contributed by atoms with Gasteiger partial charge in [-0.2, -0.15) is 10.2 Å². The van der Waals surface area contributed by atoms with Gasteiger partial charge in [0.2, 0.25) is 0 Å². The highest BCUT2D eigenvalue weighted by molar-refractivity contribution is 5.26. The van der Waals surface area contributed by atoms with Crippen molar-refractivity contribution >= 4 is 0 Å². The van der Waals surface area contributed by atoms with Crippen LogP contribution < -0.4 is 0 Å². The summed E-state index contributed by atoms with van der Waals surface area (Å²) in [5, 5.41) is 12.6. The summed E-state index contributed by atoms with van der Waals surface area (Å²) in [6, 6.07) is 10.8. The summed E-state index contributed by atoms with van der Waals surface area (Å²) in [5.74, 6) is 2.72. The minimum atomic E-state index is 0.227. The monoisotopic (exact) mass is 447 g/mol. The summed E-state index contributed by atoms with van der Waals surface area (Å²) >= 11 is 0. The summed E-state index contributed by atoms with van der Waals surface area (Å²) in [4.78, 5) is 10.1. The molecule has 7 heteroatoms. The van der Waals surface area contributed by atoms with Crippen molar-refractivity contribution in [3.05, 3.63) is 64.5 Å². The van der Waals surface area contributed by atoms with Gasteiger partial charge in [0, 0.05) is 74.3 Å². The fraction of sp³-hybridized carbons (Fsp3) is 0.577. The third-order valence-electron chi connectivity index (χ3n) is 7.62. The zero-order valence-electron chi connectivity index (χ0n) is 20.7. The number of aryl methyl sites for hydroxylation is 2. The highest BCUT2D eigenvalue weighted by Crippen LogP contribution is 2.49. The molecule has 2 aromatic heterocycles. The largest absolute Gasteiger partial charge is 0.298 e. The van der Waals surface area contributed by atoms with E-state index in [2.05, 4.69) is 89.6 Å². The number of aromatic nitrogens is 5. The van der Waals surface area contributed by atoms with Gasteiger partial charge in [-0.1, -0.05) is 44.2 Å². The van der Waals surface area contributed by atoms with E-state index >= 15 is 0 Å². The highest BCUT2D eigenvalue weighted by atomic mass is 15.3. The van der Waals surface area contributed by atoms with E-state index in [-0.39, 0.29) is 5.41 Å². The first-order valence-electron chi connectivity index (χ1n) is 12.3. The van der Waals surface area contributed by atoms with Gasteiger partial charge in [-0.15, -0.1) is 0 Å². The minimum absolute atomic E-state index is 0.227. The van der Waals surface area contributed by atoms with Crippen LogP contribution in [0.4, 0.5) is 0 Å². The topological polar surface area (TPSA) is 65.9 Å². The van der Waals surface area contributed by atoms with Crippen LogP contribution >= 0.6 is 0 Å². The zero-order valence-corrected chi connectivity index (χ0v) is 20.7. The van der Waals surface area contributed by atoms with Crippen LogP contribution in [0.1, 0.15) is 66.8 Å². The van der Waals surface area contributed by atoms with Crippen LogP contribution in [0.5, 0.6) is 0 Å². The summed E-state index contributed by atoms with van der Waals surface area (Å²) < 4.78 is 2.13. The Labute approximate surface area is 197 Å². The van der Waals surface area contributed by atoms with Gasteiger partial charge in [-0.05, 0) is 26.3 Å². The van der Waals surface area contributed by atoms with Crippen LogP contribution in [-0.4, -0.2) is 60.9 Å². The van der Waals surface area contributed by atoms with Crippen LogP contribution in [0.15, 0.2) is 30.3 Å². The molecule has 0 saturated carbocycles. The van der Waals surface area contributed by atoms with Crippen LogP contribution in [-0.2, 0) is 19.6 Å². The first-order chi connectivity index (χ1) is 15.9. The molecule has 0 aliphatic carbocycles. The van der Waals surface area contributed by atoms with Crippen molar-refractivity contribution < 1.29 is 0 Å². The number of likely N-dealkylation sites (tertiary alicyclic amines) is 2. The molecule has 0 radical (unpaired) electrons. The van der Waals surface area contributed by atoms with Gasteiger partial charge in [-0.3, -0.25) is 19.6 Å². The lowest BCUT2D eigenvalue weighted by Crippen LogP contribution is -2.59. The van der Waals surface area contributed by atoms with Gasteiger partial charge in [0.15, 0.2) is 5.82 Å². The summed E-state index contributed by atoms with van der Waals surface area (Å²) in [6.07, 6.45) is 0. The molecule has 2 fully saturated rings. The lowest BCUT2D eigenvalue weighted by molar-refractivity contribution is -0.0113. The van der Waals surface area contributed by atoms with E-state index in [9.17, 15) is 0 Å². The summed E-state index contributed by atoms with van der Waals surface area (Å²) in [5.41, 5.74) is 5.47. The van der Waals surface area contributed by atoms with Crippen molar-refractivity contribution in [3.8, 4) is 0 Å². The molecule has 1 atom stereocenters. The van der Waals surface area contributed by atoms with E-state index < -0.39 is 0 Å². The van der Waals surface area contributed by atoms with Gasteiger partial charge in [0.1, 0.15) is 5.82 Å². The molecular formula is C26H37N7. The molecule has 0 amide bonds. The van der Waals surface area contributed by atoms with E-state index in [4.69, 9.17) is 10.1 Å². The second kappa shape index (κ2) is 8.69. The molecule has 3 aromatic rings. The summed E-state index contributed by atoms with van der Waals surface area (Å²) in [6.45, 7) is 18.1. The molecular weight excluding hydrogens is 410 g/mol. The first-order valence-corrected chi connectivity index (χ1v) is 12.3. The molecule has 2 aliphatic heterocycles. The van der Waals surface area contributed by atoms with Crippen molar-refractivity contribution in [3.63, 3.8) is 0 Å². The number of nitrogens with one attached hydrogen (secondary N) is 1. The minimum Gasteiger partial charge on any atom is -0.298 e. The standard InChI is InChI=1S/C26H37N7/c1-6-33-20(5)22(19(4)30-33)13-32-16-26(17-32)15-31(12-21-10-8-7-9-11-21)14-23(26)25-27-24(18(2)3)28-29-25/h7-11,18,23H,6,12-17H2,1-5H3,(H,27,28,29). The molecule has 0 bridgehead atoms. The molecule has 2 saturated heterocycles. The van der Waals surface area contributed by atoms with Crippen LogP contribution in [0.3, 0.4) is 0 Å². The molecule has 5 rings (SSSR count). The Hall–Kier alpha value is -2.51. The fourth-order valence-corrected chi connectivity index (χ4v) is 5.88. The Kier molecular flexibility index (Phi) is 5.87. The Morgan fingerprint density at radius 2 is 1.79 bits per heavy atom. The summed E-state index contributed by atoms with van der Waals surface area (Å²) in [7, 11) is 0. The van der Waals surface area contributed by atoms with E-state index in [0.29, 0.717) is 11.8 Å². The maximum absolute atomic E-state index is 4.94. The molecule has 4 heterocycles. The van der Waals surface area contributed by atoms with Gasteiger partial charge in [0.05, 0.1) is 5.69 Å². The van der Waals surface area contributed by atoms with E-state index in [1.165, 1.54) is 22.5 Å². The first kappa shape index (κ1) is 22.3. The smallest absolute Gasteiger partial charge is 0.153 e. The predicted octanol–water partition coefficient (Wildman–Crippen LogP) is 3.86. The number of aromatic amines is 1. The molecule has 1 aromatic carbocycles. The maximum atomic E-state index is 4.94. The van der Waals surface area contributed by atoms with Crippen LogP contribution in [0, 0.1) is 19.3 Å². The highest BCUT2D eigenvalue weighted by Gasteiger charge is 2.55. The SMILES string of the molecule is CCn1nc(C)c(CN2CC3(CN(Cc4ccccc4)CC3c3nc(C(C)C)n[nH]3)C2)c1C. The van der Waals surface area contributed by atoms with E-state index in [1.54, 1.807) is 0 Å². The fourth-order valence-electron chi connectivity index (χ4n) is 5.88. The lowest BCUT2D eigenvalue weighted by atomic mass is 9.71. The second-order valence-corrected chi connectivity index (χ2v) is 10.4. The molecule has 1 unspecified atom stereocenters. The second-order valence-electron chi connectivity index (χ2n) is 10.4. The molecule has 2 aliphatic rings. The number of rotatable bonds is 7. The van der Waals surface area contributed by atoms with Crippen molar-refractivity contribution in [2.24, 2.45) is 5.41 Å². The van der Waals surface area contributed by atoms with E-state index in [0.717, 1.165) is 57.5 Å². The Morgan fingerprint density at radius 1 is 1.06 bits per heavy atom. The molecule has 1 N–H and O–H groups in total. The number of hydrogen-bond donors (Lipinski definition) is 1. The van der Waals surface area contributed by atoms with Gasteiger partial charge >= 0.3 is 0 Å². The number of H-pyrrole nitrogens is 1. The quantitative estimate of drug-likeness (QED) is 0.596. The maximum Gasteiger partial charge on any atom is 0.153 e. The lowest BCUT2D eigenvalue weighted by Gasteiger charge is -2.51. The van der Waals surface area contributed by atoms with Crippen molar-refractivity contribution in [2.45, 2.75) is 66.1 Å². The zero-order chi connectivity index (χ0) is 23.2.